The van der Waals surface area contributed by atoms with Crippen LogP contribution in [0.2, 0.25) is 0 Å². The van der Waals surface area contributed by atoms with E-state index in [1.165, 1.54) is 18.6 Å². The number of methoxy groups -OCH3 is 1. The number of hydrogen-bond donors (Lipinski definition) is 2. The fourth-order valence-electron chi connectivity index (χ4n) is 5.04. The molecule has 0 spiro atoms. The molecule has 10 heteroatoms. The molecular weight excluding hydrogens is 462 g/mol. The lowest BCUT2D eigenvalue weighted by atomic mass is 9.82. The minimum atomic E-state index is -1.01. The SMILES string of the molecule is COc1cc2nn([C@@H]3CC[C@@H](N(C)C(=O)[C@@H](C)O)C[C@H]3C)cc2cc1C(=O)Nc1cccn(C)c1=O. The molecule has 36 heavy (non-hydrogen) atoms. The zero-order valence-corrected chi connectivity index (χ0v) is 21.3. The summed E-state index contributed by atoms with van der Waals surface area (Å²) in [4.78, 5) is 39.2. The monoisotopic (exact) mass is 495 g/mol. The minimum Gasteiger partial charge on any atom is -0.496 e. The van der Waals surface area contributed by atoms with Crippen molar-refractivity contribution in [1.29, 1.82) is 0 Å². The van der Waals surface area contributed by atoms with E-state index in [0.717, 1.165) is 24.6 Å². The second kappa shape index (κ2) is 10.1. The van der Waals surface area contributed by atoms with Gasteiger partial charge in [-0.3, -0.25) is 19.1 Å². The molecule has 1 aliphatic carbocycles. The van der Waals surface area contributed by atoms with Gasteiger partial charge < -0.3 is 24.6 Å². The van der Waals surface area contributed by atoms with E-state index in [4.69, 9.17) is 9.84 Å². The quantitative estimate of drug-likeness (QED) is 0.543. The van der Waals surface area contributed by atoms with Crippen LogP contribution >= 0.6 is 0 Å². The van der Waals surface area contributed by atoms with E-state index >= 15 is 0 Å². The number of fused-ring (bicyclic) bond motifs is 1. The zero-order valence-electron chi connectivity index (χ0n) is 21.3. The molecular formula is C26H33N5O5. The number of carbonyl (C=O) groups is 2. The highest BCUT2D eigenvalue weighted by molar-refractivity contribution is 6.08. The maximum Gasteiger partial charge on any atom is 0.274 e. The molecule has 4 atom stereocenters. The summed E-state index contributed by atoms with van der Waals surface area (Å²) in [5.74, 6) is -0.0829. The number of ether oxygens (including phenoxy) is 1. The third-order valence-corrected chi connectivity index (χ3v) is 7.15. The number of rotatable bonds is 6. The van der Waals surface area contributed by atoms with Crippen molar-refractivity contribution in [3.8, 4) is 5.75 Å². The van der Waals surface area contributed by atoms with Crippen molar-refractivity contribution in [1.82, 2.24) is 19.2 Å². The van der Waals surface area contributed by atoms with E-state index in [9.17, 15) is 19.5 Å². The molecule has 1 aliphatic rings. The highest BCUT2D eigenvalue weighted by Crippen LogP contribution is 2.37. The Morgan fingerprint density at radius 3 is 2.72 bits per heavy atom. The van der Waals surface area contributed by atoms with Crippen LogP contribution in [0.15, 0.2) is 41.5 Å². The average Bonchev–Trinajstić information content (AvgIpc) is 3.27. The number of aryl methyl sites for hydroxylation is 1. The summed E-state index contributed by atoms with van der Waals surface area (Å²) < 4.78 is 8.81. The van der Waals surface area contributed by atoms with Gasteiger partial charge in [0.15, 0.2) is 0 Å². The Balaban J connectivity index is 1.57. The highest BCUT2D eigenvalue weighted by atomic mass is 16.5. The first-order chi connectivity index (χ1) is 17.1. The van der Waals surface area contributed by atoms with Crippen molar-refractivity contribution >= 4 is 28.4 Å². The molecule has 1 aromatic carbocycles. The Bertz CT molecular complexity index is 1340. The molecule has 2 aromatic heterocycles. The smallest absolute Gasteiger partial charge is 0.274 e. The Morgan fingerprint density at radius 2 is 2.06 bits per heavy atom. The predicted octanol–water partition coefficient (Wildman–Crippen LogP) is 2.56. The van der Waals surface area contributed by atoms with Crippen molar-refractivity contribution in [2.45, 2.75) is 51.3 Å². The van der Waals surface area contributed by atoms with Crippen LogP contribution < -0.4 is 15.6 Å². The summed E-state index contributed by atoms with van der Waals surface area (Å²) in [6.45, 7) is 3.63. The molecule has 2 amide bonds. The van der Waals surface area contributed by atoms with Crippen LogP contribution in [0.3, 0.4) is 0 Å². The number of pyridine rings is 1. The van der Waals surface area contributed by atoms with Crippen LogP contribution in [-0.2, 0) is 11.8 Å². The average molecular weight is 496 g/mol. The van der Waals surface area contributed by atoms with Gasteiger partial charge in [-0.15, -0.1) is 0 Å². The van der Waals surface area contributed by atoms with Gasteiger partial charge in [-0.1, -0.05) is 6.92 Å². The summed E-state index contributed by atoms with van der Waals surface area (Å²) in [6, 6.07) is 6.92. The van der Waals surface area contributed by atoms with Crippen molar-refractivity contribution in [2.75, 3.05) is 19.5 Å². The van der Waals surface area contributed by atoms with Gasteiger partial charge in [0.1, 0.15) is 17.5 Å². The first-order valence-electron chi connectivity index (χ1n) is 12.1. The maximum atomic E-state index is 13.0. The van der Waals surface area contributed by atoms with Gasteiger partial charge in [-0.2, -0.15) is 5.10 Å². The van der Waals surface area contributed by atoms with Gasteiger partial charge >= 0.3 is 0 Å². The van der Waals surface area contributed by atoms with Crippen LogP contribution in [0, 0.1) is 5.92 Å². The molecule has 1 saturated carbocycles. The Kier molecular flexibility index (Phi) is 7.16. The highest BCUT2D eigenvalue weighted by Gasteiger charge is 2.33. The molecule has 3 aromatic rings. The van der Waals surface area contributed by atoms with Gasteiger partial charge in [0.2, 0.25) is 0 Å². The molecule has 0 saturated heterocycles. The number of benzene rings is 1. The molecule has 0 radical (unpaired) electrons. The van der Waals surface area contributed by atoms with Gasteiger partial charge in [0.25, 0.3) is 17.4 Å². The van der Waals surface area contributed by atoms with Crippen LogP contribution in [-0.4, -0.2) is 62.5 Å². The number of hydrogen-bond acceptors (Lipinski definition) is 6. The number of aliphatic hydroxyl groups excluding tert-OH is 1. The van der Waals surface area contributed by atoms with Gasteiger partial charge in [-0.25, -0.2) is 0 Å². The first-order valence-corrected chi connectivity index (χ1v) is 12.1. The normalized spacial score (nSPS) is 20.7. The standard InChI is InChI=1S/C26H33N5O5/c1-15-11-18(30(4)25(34)16(2)32)8-9-22(15)31-14-17-12-19(23(36-5)13-21(17)28-31)24(33)27-20-7-6-10-29(3)26(20)35/h6-7,10,12-16,18,22,32H,8-9,11H2,1-5H3,(H,27,33)/t15-,16-,18-,22-/m1/s1. The van der Waals surface area contributed by atoms with E-state index in [1.54, 1.807) is 49.5 Å². The fourth-order valence-corrected chi connectivity index (χ4v) is 5.04. The van der Waals surface area contributed by atoms with E-state index < -0.39 is 12.0 Å². The number of nitrogens with one attached hydrogen (secondary N) is 1. The van der Waals surface area contributed by atoms with Crippen LogP contribution in [0.4, 0.5) is 5.69 Å². The van der Waals surface area contributed by atoms with Crippen LogP contribution in [0.25, 0.3) is 10.9 Å². The fraction of sp³-hybridized carbons (Fsp3) is 0.462. The number of anilines is 1. The van der Waals surface area contributed by atoms with Crippen molar-refractivity contribution < 1.29 is 19.4 Å². The van der Waals surface area contributed by atoms with Crippen LogP contribution in [0.1, 0.15) is 49.5 Å². The van der Waals surface area contributed by atoms with Crippen molar-refractivity contribution in [3.05, 3.63) is 52.6 Å². The predicted molar refractivity (Wildman–Crippen MR) is 136 cm³/mol. The molecule has 2 N–H and O–H groups in total. The molecule has 192 valence electrons. The first kappa shape index (κ1) is 25.4. The molecule has 0 aliphatic heterocycles. The van der Waals surface area contributed by atoms with E-state index in [0.29, 0.717) is 16.8 Å². The number of nitrogens with zero attached hydrogens (tertiary/aromatic N) is 4. The third-order valence-electron chi connectivity index (χ3n) is 7.15. The molecule has 0 unspecified atom stereocenters. The van der Waals surface area contributed by atoms with Crippen molar-refractivity contribution in [2.24, 2.45) is 13.0 Å². The molecule has 1 fully saturated rings. The van der Waals surface area contributed by atoms with Crippen molar-refractivity contribution in [3.63, 3.8) is 0 Å². The Hall–Kier alpha value is -3.66. The summed E-state index contributed by atoms with van der Waals surface area (Å²) in [6.07, 6.45) is 4.99. The molecule has 10 nitrogen and oxygen atoms in total. The lowest BCUT2D eigenvalue weighted by Crippen LogP contribution is -2.45. The zero-order chi connectivity index (χ0) is 26.1. The van der Waals surface area contributed by atoms with Gasteiger partial charge in [-0.05, 0) is 50.3 Å². The summed E-state index contributed by atoms with van der Waals surface area (Å²) >= 11 is 0. The number of aromatic nitrogens is 3. The van der Waals surface area contributed by atoms with Gasteiger partial charge in [0, 0.05) is 44.0 Å². The number of likely N-dealkylation sites (N-methyl/N-ethyl adjacent to an activating group) is 1. The van der Waals surface area contributed by atoms with E-state index in [1.807, 2.05) is 10.9 Å². The number of aliphatic hydroxyl groups is 1. The number of amides is 2. The summed E-state index contributed by atoms with van der Waals surface area (Å²) in [5.41, 5.74) is 0.900. The van der Waals surface area contributed by atoms with E-state index in [-0.39, 0.29) is 35.2 Å². The third kappa shape index (κ3) is 4.86. The Morgan fingerprint density at radius 1 is 1.31 bits per heavy atom. The van der Waals surface area contributed by atoms with E-state index in [2.05, 4.69) is 12.2 Å². The lowest BCUT2D eigenvalue weighted by molar-refractivity contribution is -0.141. The summed E-state index contributed by atoms with van der Waals surface area (Å²) in [5, 5.41) is 17.9. The second-order valence-corrected chi connectivity index (χ2v) is 9.65. The molecule has 4 rings (SSSR count). The maximum absolute atomic E-state index is 13.0. The number of carbonyl (C=O) groups excluding carboxylic acids is 2. The largest absolute Gasteiger partial charge is 0.496 e. The minimum absolute atomic E-state index is 0.0735. The lowest BCUT2D eigenvalue weighted by Gasteiger charge is -2.39. The Labute approximate surface area is 209 Å². The van der Waals surface area contributed by atoms with Gasteiger partial charge in [0.05, 0.1) is 24.2 Å². The molecule has 2 heterocycles. The molecule has 0 bridgehead atoms. The van der Waals surface area contributed by atoms with Crippen LogP contribution in [0.5, 0.6) is 5.75 Å². The topological polar surface area (TPSA) is 119 Å². The summed E-state index contributed by atoms with van der Waals surface area (Å²) in [7, 11) is 4.86. The second-order valence-electron chi connectivity index (χ2n) is 9.65.